The third-order valence-electron chi connectivity index (χ3n) is 5.48. The van der Waals surface area contributed by atoms with Gasteiger partial charge < -0.3 is 19.6 Å². The van der Waals surface area contributed by atoms with E-state index in [1.54, 1.807) is 37.3 Å². The minimum atomic E-state index is -0.472. The van der Waals surface area contributed by atoms with Crippen LogP contribution in [0.1, 0.15) is 32.2 Å². The number of para-hydroxylation sites is 1. The van der Waals surface area contributed by atoms with E-state index >= 15 is 0 Å². The van der Waals surface area contributed by atoms with Crippen LogP contribution in [0.4, 0.5) is 11.4 Å². The fourth-order valence-corrected chi connectivity index (χ4v) is 3.75. The first-order valence-corrected chi connectivity index (χ1v) is 10.7. The molecule has 2 heterocycles. The molecule has 0 aliphatic rings. The summed E-state index contributed by atoms with van der Waals surface area (Å²) in [5.74, 6) is -0.561. The molecule has 0 saturated heterocycles. The predicted octanol–water partition coefficient (Wildman–Crippen LogP) is 6.21. The Hall–Kier alpha value is -4.65. The first kappa shape index (κ1) is 21.2. The van der Waals surface area contributed by atoms with E-state index in [1.165, 1.54) is 0 Å². The largest absolute Gasteiger partial charge is 0.449 e. The predicted molar refractivity (Wildman–Crippen MR) is 130 cm³/mol. The second kappa shape index (κ2) is 8.71. The van der Waals surface area contributed by atoms with Crippen molar-refractivity contribution < 1.29 is 18.5 Å². The average Bonchev–Trinajstić information content (AvgIpc) is 3.42. The van der Waals surface area contributed by atoms with E-state index < -0.39 is 11.8 Å². The standard InChI is InChI=1S/C27H21N3O4/c1-16-12-14-19(15-13-16)28-27(32)25-23(20-10-6-7-11-21(20)33-25)29-26(31)22-17(2)30-34-24(22)18-8-4-3-5-9-18/h3-15H,1-2H3,(H,28,32)(H,29,31). The molecule has 0 radical (unpaired) electrons. The van der Waals surface area contributed by atoms with Crippen LogP contribution in [0, 0.1) is 13.8 Å². The van der Waals surface area contributed by atoms with E-state index in [0.717, 1.165) is 11.1 Å². The van der Waals surface area contributed by atoms with Crippen molar-refractivity contribution in [3.8, 4) is 11.3 Å². The van der Waals surface area contributed by atoms with E-state index in [9.17, 15) is 9.59 Å². The molecule has 0 spiro atoms. The number of aromatic nitrogens is 1. The lowest BCUT2D eigenvalue weighted by Crippen LogP contribution is -2.18. The summed E-state index contributed by atoms with van der Waals surface area (Å²) < 4.78 is 11.3. The third-order valence-corrected chi connectivity index (χ3v) is 5.48. The highest BCUT2D eigenvalue weighted by atomic mass is 16.5. The molecule has 5 aromatic rings. The van der Waals surface area contributed by atoms with Gasteiger partial charge >= 0.3 is 0 Å². The van der Waals surface area contributed by atoms with Crippen molar-refractivity contribution in [2.75, 3.05) is 10.6 Å². The minimum absolute atomic E-state index is 0.00509. The number of carbonyl (C=O) groups excluding carboxylic acids is 2. The van der Waals surface area contributed by atoms with E-state index in [4.69, 9.17) is 8.94 Å². The van der Waals surface area contributed by atoms with Crippen molar-refractivity contribution in [3.05, 3.63) is 101 Å². The minimum Gasteiger partial charge on any atom is -0.449 e. The van der Waals surface area contributed by atoms with Crippen LogP contribution in [-0.2, 0) is 0 Å². The van der Waals surface area contributed by atoms with Crippen molar-refractivity contribution in [1.29, 1.82) is 0 Å². The molecular weight excluding hydrogens is 430 g/mol. The van der Waals surface area contributed by atoms with Crippen LogP contribution >= 0.6 is 0 Å². The van der Waals surface area contributed by atoms with Gasteiger partial charge in [0.2, 0.25) is 5.76 Å². The summed E-state index contributed by atoms with van der Waals surface area (Å²) in [4.78, 5) is 26.5. The molecule has 34 heavy (non-hydrogen) atoms. The van der Waals surface area contributed by atoms with Crippen molar-refractivity contribution in [2.45, 2.75) is 13.8 Å². The Morgan fingerprint density at radius 3 is 2.26 bits per heavy atom. The summed E-state index contributed by atoms with van der Waals surface area (Å²) in [6.07, 6.45) is 0. The second-order valence-electron chi connectivity index (χ2n) is 7.91. The SMILES string of the molecule is Cc1ccc(NC(=O)c2oc3ccccc3c2NC(=O)c2c(C)noc2-c2ccccc2)cc1. The maximum Gasteiger partial charge on any atom is 0.293 e. The Kier molecular flexibility index (Phi) is 5.43. The number of hydrogen-bond donors (Lipinski definition) is 2. The summed E-state index contributed by atoms with van der Waals surface area (Å²) in [6.45, 7) is 3.66. The molecule has 5 rings (SSSR count). The number of furan rings is 1. The van der Waals surface area contributed by atoms with Crippen LogP contribution in [0.3, 0.4) is 0 Å². The Bertz CT molecular complexity index is 1500. The zero-order chi connectivity index (χ0) is 23.7. The zero-order valence-electron chi connectivity index (χ0n) is 18.6. The molecule has 0 fully saturated rings. The topological polar surface area (TPSA) is 97.4 Å². The van der Waals surface area contributed by atoms with Gasteiger partial charge in [-0.3, -0.25) is 9.59 Å². The highest BCUT2D eigenvalue weighted by Crippen LogP contribution is 2.33. The quantitative estimate of drug-likeness (QED) is 0.331. The van der Waals surface area contributed by atoms with Gasteiger partial charge in [0.05, 0.1) is 5.69 Å². The van der Waals surface area contributed by atoms with E-state index in [-0.39, 0.29) is 11.4 Å². The van der Waals surface area contributed by atoms with Gasteiger partial charge in [0.15, 0.2) is 5.76 Å². The Labute approximate surface area is 195 Å². The van der Waals surface area contributed by atoms with Gasteiger partial charge in [-0.05, 0) is 38.1 Å². The zero-order valence-corrected chi connectivity index (χ0v) is 18.6. The molecule has 7 heteroatoms. The van der Waals surface area contributed by atoms with Crippen LogP contribution in [-0.4, -0.2) is 17.0 Å². The first-order valence-electron chi connectivity index (χ1n) is 10.7. The van der Waals surface area contributed by atoms with Crippen molar-refractivity contribution >= 4 is 34.2 Å². The number of carbonyl (C=O) groups is 2. The van der Waals surface area contributed by atoms with Crippen LogP contribution in [0.2, 0.25) is 0 Å². The Morgan fingerprint density at radius 1 is 0.794 bits per heavy atom. The number of nitrogens with zero attached hydrogens (tertiary/aromatic N) is 1. The highest BCUT2D eigenvalue weighted by Gasteiger charge is 2.27. The molecule has 2 amide bonds. The fraction of sp³-hybridized carbons (Fsp3) is 0.0741. The summed E-state index contributed by atoms with van der Waals surface area (Å²) in [6, 6.07) is 23.8. The molecule has 2 N–H and O–H groups in total. The second-order valence-corrected chi connectivity index (χ2v) is 7.91. The lowest BCUT2D eigenvalue weighted by molar-refractivity contribution is 0.0999. The number of aryl methyl sites for hydroxylation is 2. The summed E-state index contributed by atoms with van der Waals surface area (Å²) in [5.41, 5.74) is 3.92. The van der Waals surface area contributed by atoms with E-state index in [1.807, 2.05) is 55.5 Å². The summed E-state index contributed by atoms with van der Waals surface area (Å²) >= 11 is 0. The molecular formula is C27H21N3O4. The maximum absolute atomic E-state index is 13.4. The van der Waals surface area contributed by atoms with Crippen LogP contribution in [0.15, 0.2) is 87.8 Å². The number of amides is 2. The maximum atomic E-state index is 13.4. The molecule has 2 aromatic heterocycles. The summed E-state index contributed by atoms with van der Waals surface area (Å²) in [7, 11) is 0. The van der Waals surface area contributed by atoms with Crippen LogP contribution < -0.4 is 10.6 Å². The number of rotatable bonds is 5. The number of nitrogens with one attached hydrogen (secondary N) is 2. The first-order chi connectivity index (χ1) is 16.5. The van der Waals surface area contributed by atoms with Crippen molar-refractivity contribution in [3.63, 3.8) is 0 Å². The van der Waals surface area contributed by atoms with Gasteiger partial charge in [0.1, 0.15) is 16.8 Å². The Morgan fingerprint density at radius 2 is 1.50 bits per heavy atom. The monoisotopic (exact) mass is 451 g/mol. The van der Waals surface area contributed by atoms with Gasteiger partial charge in [-0.1, -0.05) is 65.3 Å². The molecule has 0 aliphatic heterocycles. The van der Waals surface area contributed by atoms with Gasteiger partial charge in [-0.2, -0.15) is 0 Å². The molecule has 7 nitrogen and oxygen atoms in total. The normalized spacial score (nSPS) is 10.9. The average molecular weight is 451 g/mol. The Balaban J connectivity index is 1.52. The molecule has 3 aromatic carbocycles. The molecule has 0 unspecified atom stereocenters. The van der Waals surface area contributed by atoms with Gasteiger partial charge in [0, 0.05) is 16.6 Å². The van der Waals surface area contributed by atoms with E-state index in [0.29, 0.717) is 33.7 Å². The molecule has 0 aliphatic carbocycles. The third kappa shape index (κ3) is 3.95. The summed E-state index contributed by atoms with van der Waals surface area (Å²) in [5, 5.41) is 10.3. The number of fused-ring (bicyclic) bond motifs is 1. The van der Waals surface area contributed by atoms with Crippen LogP contribution in [0.5, 0.6) is 0 Å². The molecule has 0 bridgehead atoms. The molecule has 168 valence electrons. The van der Waals surface area contributed by atoms with Gasteiger partial charge in [-0.25, -0.2) is 0 Å². The smallest absolute Gasteiger partial charge is 0.293 e. The lowest BCUT2D eigenvalue weighted by atomic mass is 10.1. The number of benzene rings is 3. The van der Waals surface area contributed by atoms with Crippen molar-refractivity contribution in [2.24, 2.45) is 0 Å². The fourth-order valence-electron chi connectivity index (χ4n) is 3.75. The molecule has 0 saturated carbocycles. The highest BCUT2D eigenvalue weighted by molar-refractivity contribution is 6.18. The van der Waals surface area contributed by atoms with E-state index in [2.05, 4.69) is 15.8 Å². The van der Waals surface area contributed by atoms with Gasteiger partial charge in [-0.15, -0.1) is 0 Å². The van der Waals surface area contributed by atoms with Gasteiger partial charge in [0.25, 0.3) is 11.8 Å². The number of hydrogen-bond acceptors (Lipinski definition) is 5. The molecule has 0 atom stereocenters. The van der Waals surface area contributed by atoms with Crippen LogP contribution in [0.25, 0.3) is 22.3 Å². The lowest BCUT2D eigenvalue weighted by Gasteiger charge is -2.08. The van der Waals surface area contributed by atoms with Crippen molar-refractivity contribution in [1.82, 2.24) is 5.16 Å². The number of anilines is 2.